The highest BCUT2D eigenvalue weighted by molar-refractivity contribution is 6.30. The van der Waals surface area contributed by atoms with Crippen LogP contribution in [0.5, 0.6) is 5.75 Å². The molecule has 0 aliphatic carbocycles. The molecule has 2 aliphatic heterocycles. The van der Waals surface area contributed by atoms with Gasteiger partial charge >= 0.3 is 5.63 Å². The van der Waals surface area contributed by atoms with Crippen molar-refractivity contribution in [3.63, 3.8) is 0 Å². The van der Waals surface area contributed by atoms with E-state index in [4.69, 9.17) is 20.8 Å². The molecule has 6 rings (SSSR count). The van der Waals surface area contributed by atoms with E-state index in [1.165, 1.54) is 5.56 Å². The quantitative estimate of drug-likeness (QED) is 0.294. The summed E-state index contributed by atoms with van der Waals surface area (Å²) in [4.78, 5) is 32.8. The molecule has 8 heteroatoms. The van der Waals surface area contributed by atoms with Crippen LogP contribution in [0.15, 0.2) is 75.9 Å². The molecule has 0 saturated carbocycles. The van der Waals surface area contributed by atoms with Crippen LogP contribution in [0.2, 0.25) is 5.02 Å². The van der Waals surface area contributed by atoms with Gasteiger partial charge in [-0.05, 0) is 66.8 Å². The van der Waals surface area contributed by atoms with Crippen LogP contribution in [0.25, 0.3) is 11.0 Å². The molecule has 3 heterocycles. The van der Waals surface area contributed by atoms with Gasteiger partial charge in [0.25, 0.3) is 0 Å². The summed E-state index contributed by atoms with van der Waals surface area (Å²) < 4.78 is 11.7. The zero-order valence-electron chi connectivity index (χ0n) is 22.6. The van der Waals surface area contributed by atoms with E-state index in [-0.39, 0.29) is 12.5 Å². The molecule has 1 aromatic heterocycles. The van der Waals surface area contributed by atoms with E-state index in [9.17, 15) is 9.59 Å². The van der Waals surface area contributed by atoms with E-state index >= 15 is 0 Å². The number of hydrogen-bond acceptors (Lipinski definition) is 6. The maximum atomic E-state index is 13.5. The van der Waals surface area contributed by atoms with Gasteiger partial charge in [-0.3, -0.25) is 9.69 Å². The van der Waals surface area contributed by atoms with Gasteiger partial charge in [0.05, 0.1) is 6.54 Å². The molecule has 1 fully saturated rings. The molecule has 206 valence electrons. The first kappa shape index (κ1) is 26.4. The molecule has 0 radical (unpaired) electrons. The van der Waals surface area contributed by atoms with Crippen LogP contribution in [0.3, 0.4) is 0 Å². The first-order chi connectivity index (χ1) is 19.5. The number of rotatable bonds is 6. The fourth-order valence-electron chi connectivity index (χ4n) is 5.71. The lowest BCUT2D eigenvalue weighted by Gasteiger charge is -2.37. The Bertz CT molecular complexity index is 1600. The molecule has 7 nitrogen and oxygen atoms in total. The standard InChI is InChI=1S/C32H32ClN3O4/c1-22-9-10-24(33)18-28(22)35-16-14-34(15-17-35)20-30(37)36-13-5-8-26-27-19-25(39-21-23-6-3-2-4-7-23)11-12-29(27)40-32(38)31(26)36/h2-4,6-7,9-12,18-19H,5,8,13-17,20-21H2,1H3. The van der Waals surface area contributed by atoms with Gasteiger partial charge in [0, 0.05) is 48.8 Å². The first-order valence-electron chi connectivity index (χ1n) is 13.8. The topological polar surface area (TPSA) is 66.2 Å². The smallest absolute Gasteiger partial charge is 0.360 e. The van der Waals surface area contributed by atoms with Crippen LogP contribution < -0.4 is 20.2 Å². The van der Waals surface area contributed by atoms with Gasteiger partial charge in [0.2, 0.25) is 5.91 Å². The van der Waals surface area contributed by atoms with Gasteiger partial charge in [-0.1, -0.05) is 48.0 Å². The van der Waals surface area contributed by atoms with Gasteiger partial charge in [-0.2, -0.15) is 0 Å². The first-order valence-corrected chi connectivity index (χ1v) is 14.1. The van der Waals surface area contributed by atoms with E-state index in [2.05, 4.69) is 16.7 Å². The molecule has 2 aliphatic rings. The number of aryl methyl sites for hydroxylation is 2. The number of piperazine rings is 1. The van der Waals surface area contributed by atoms with E-state index in [1.54, 1.807) is 11.0 Å². The minimum absolute atomic E-state index is 0.0727. The molecular formula is C32H32ClN3O4. The Morgan fingerprint density at radius 1 is 0.975 bits per heavy atom. The lowest BCUT2D eigenvalue weighted by molar-refractivity contribution is -0.119. The highest BCUT2D eigenvalue weighted by atomic mass is 35.5. The molecule has 1 saturated heterocycles. The number of fused-ring (bicyclic) bond motifs is 3. The number of halogens is 1. The molecule has 40 heavy (non-hydrogen) atoms. The Balaban J connectivity index is 1.17. The number of benzene rings is 3. The summed E-state index contributed by atoms with van der Waals surface area (Å²) in [5.74, 6) is 0.625. The number of amides is 1. The second kappa shape index (κ2) is 11.4. The number of carbonyl (C=O) groups is 1. The van der Waals surface area contributed by atoms with Crippen LogP contribution in [-0.4, -0.2) is 50.1 Å². The summed E-state index contributed by atoms with van der Waals surface area (Å²) in [5, 5.41) is 1.55. The number of anilines is 2. The molecule has 0 N–H and O–H groups in total. The molecule has 0 bridgehead atoms. The summed E-state index contributed by atoms with van der Waals surface area (Å²) in [6.07, 6.45) is 1.50. The average molecular weight is 558 g/mol. The van der Waals surface area contributed by atoms with Crippen molar-refractivity contribution in [1.82, 2.24) is 4.90 Å². The van der Waals surface area contributed by atoms with Crippen molar-refractivity contribution in [2.45, 2.75) is 26.4 Å². The predicted molar refractivity (Wildman–Crippen MR) is 159 cm³/mol. The molecule has 0 atom stereocenters. The fraction of sp³-hybridized carbons (Fsp3) is 0.312. The van der Waals surface area contributed by atoms with E-state index in [0.717, 1.165) is 59.8 Å². The SMILES string of the molecule is Cc1ccc(Cl)cc1N1CCN(CC(=O)N2CCCc3c2c(=O)oc2ccc(OCc4ccccc4)cc32)CC1. The zero-order chi connectivity index (χ0) is 27.6. The Kier molecular flexibility index (Phi) is 7.50. The third-order valence-corrected chi connectivity index (χ3v) is 8.06. The van der Waals surface area contributed by atoms with Crippen LogP contribution in [-0.2, 0) is 17.8 Å². The van der Waals surface area contributed by atoms with E-state index in [0.29, 0.717) is 36.6 Å². The minimum atomic E-state index is -0.463. The van der Waals surface area contributed by atoms with Crippen LogP contribution in [0.4, 0.5) is 11.4 Å². The Labute approximate surface area is 238 Å². The molecule has 0 unspecified atom stereocenters. The predicted octanol–water partition coefficient (Wildman–Crippen LogP) is 5.44. The Hall–Kier alpha value is -3.81. The van der Waals surface area contributed by atoms with Gasteiger partial charge < -0.3 is 19.0 Å². The van der Waals surface area contributed by atoms with E-state index in [1.807, 2.05) is 60.7 Å². The lowest BCUT2D eigenvalue weighted by atomic mass is 9.98. The number of ether oxygens (including phenoxy) is 1. The van der Waals surface area contributed by atoms with Crippen molar-refractivity contribution in [2.75, 3.05) is 49.1 Å². The van der Waals surface area contributed by atoms with Crippen LogP contribution >= 0.6 is 11.6 Å². The number of hydrogen-bond donors (Lipinski definition) is 0. The molecule has 1 amide bonds. The molecule has 0 spiro atoms. The molecule has 3 aromatic carbocycles. The van der Waals surface area contributed by atoms with Gasteiger partial charge in [0.15, 0.2) is 0 Å². The third-order valence-electron chi connectivity index (χ3n) is 7.83. The monoisotopic (exact) mass is 557 g/mol. The Morgan fingerprint density at radius 2 is 1.77 bits per heavy atom. The van der Waals surface area contributed by atoms with E-state index < -0.39 is 5.63 Å². The minimum Gasteiger partial charge on any atom is -0.489 e. The fourth-order valence-corrected chi connectivity index (χ4v) is 5.88. The highest BCUT2D eigenvalue weighted by Crippen LogP contribution is 2.33. The van der Waals surface area contributed by atoms with Crippen molar-refractivity contribution in [3.05, 3.63) is 98.9 Å². The van der Waals surface area contributed by atoms with Crippen LogP contribution in [0, 0.1) is 6.92 Å². The van der Waals surface area contributed by atoms with Crippen molar-refractivity contribution in [2.24, 2.45) is 0 Å². The second-order valence-corrected chi connectivity index (χ2v) is 10.9. The van der Waals surface area contributed by atoms with Crippen molar-refractivity contribution in [1.29, 1.82) is 0 Å². The summed E-state index contributed by atoms with van der Waals surface area (Å²) in [7, 11) is 0. The van der Waals surface area contributed by atoms with Gasteiger partial charge in [-0.25, -0.2) is 4.79 Å². The van der Waals surface area contributed by atoms with Crippen LogP contribution in [0.1, 0.15) is 23.1 Å². The molecule has 4 aromatic rings. The zero-order valence-corrected chi connectivity index (χ0v) is 23.3. The van der Waals surface area contributed by atoms with Crippen molar-refractivity contribution >= 4 is 39.9 Å². The largest absolute Gasteiger partial charge is 0.489 e. The second-order valence-electron chi connectivity index (χ2n) is 10.5. The average Bonchev–Trinajstić information content (AvgIpc) is 2.98. The van der Waals surface area contributed by atoms with Gasteiger partial charge in [0.1, 0.15) is 23.6 Å². The maximum Gasteiger partial charge on any atom is 0.360 e. The lowest BCUT2D eigenvalue weighted by Crippen LogP contribution is -2.51. The summed E-state index contributed by atoms with van der Waals surface area (Å²) in [5.41, 5.74) is 4.68. The normalized spacial score (nSPS) is 15.8. The van der Waals surface area contributed by atoms with Crippen molar-refractivity contribution in [3.8, 4) is 5.75 Å². The Morgan fingerprint density at radius 3 is 2.58 bits per heavy atom. The van der Waals surface area contributed by atoms with Gasteiger partial charge in [-0.15, -0.1) is 0 Å². The third kappa shape index (κ3) is 5.44. The maximum absolute atomic E-state index is 13.5. The number of nitrogens with zero attached hydrogens (tertiary/aromatic N) is 3. The number of carbonyl (C=O) groups excluding carboxylic acids is 1. The summed E-state index contributed by atoms with van der Waals surface area (Å²) in [6.45, 7) is 6.43. The molecular weight excluding hydrogens is 526 g/mol. The summed E-state index contributed by atoms with van der Waals surface area (Å²) in [6, 6.07) is 21.4. The summed E-state index contributed by atoms with van der Waals surface area (Å²) >= 11 is 6.23. The van der Waals surface area contributed by atoms with Crippen molar-refractivity contribution < 1.29 is 13.9 Å². The highest BCUT2D eigenvalue weighted by Gasteiger charge is 2.30.